The Morgan fingerprint density at radius 2 is 1.82 bits per heavy atom. The molecule has 1 atom stereocenters. The van der Waals surface area contributed by atoms with Gasteiger partial charge in [-0.05, 0) is 63.5 Å². The van der Waals surface area contributed by atoms with Crippen molar-refractivity contribution in [1.82, 2.24) is 10.2 Å². The number of benzene rings is 2. The molecule has 6 heteroatoms. The Morgan fingerprint density at radius 3 is 2.42 bits per heavy atom. The summed E-state index contributed by atoms with van der Waals surface area (Å²) in [6.07, 6.45) is 1.06. The van der Waals surface area contributed by atoms with E-state index >= 15 is 0 Å². The number of carbonyl (C=O) groups is 1. The van der Waals surface area contributed by atoms with Crippen molar-refractivity contribution < 1.29 is 9.53 Å². The van der Waals surface area contributed by atoms with Crippen LogP contribution in [0.4, 0.5) is 11.4 Å². The van der Waals surface area contributed by atoms with Crippen molar-refractivity contribution in [3.63, 3.8) is 0 Å². The van der Waals surface area contributed by atoms with E-state index in [0.717, 1.165) is 43.0 Å². The van der Waals surface area contributed by atoms with Crippen LogP contribution in [0.3, 0.4) is 0 Å². The molecule has 0 aromatic heterocycles. The molecule has 1 unspecified atom stereocenters. The van der Waals surface area contributed by atoms with Gasteiger partial charge in [0.05, 0.1) is 30.2 Å². The molecule has 0 fully saturated rings. The van der Waals surface area contributed by atoms with Crippen molar-refractivity contribution in [3.05, 3.63) is 59.2 Å². The Kier molecular flexibility index (Phi) is 13.9. The predicted octanol–water partition coefficient (Wildman–Crippen LogP) is 5.50. The van der Waals surface area contributed by atoms with Crippen molar-refractivity contribution in [2.45, 2.75) is 60.5 Å². The van der Waals surface area contributed by atoms with E-state index in [1.165, 1.54) is 5.56 Å². The first-order chi connectivity index (χ1) is 16.0. The summed E-state index contributed by atoms with van der Waals surface area (Å²) in [5.74, 6) is -0.296. The fourth-order valence-corrected chi connectivity index (χ4v) is 3.58. The number of ether oxygens (including phenoxy) is 1. The van der Waals surface area contributed by atoms with Gasteiger partial charge in [0.1, 0.15) is 0 Å². The van der Waals surface area contributed by atoms with E-state index in [4.69, 9.17) is 4.74 Å². The Labute approximate surface area is 201 Å². The zero-order valence-corrected chi connectivity index (χ0v) is 21.6. The first-order valence-electron chi connectivity index (χ1n) is 12.2. The molecule has 3 N–H and O–H groups in total. The molecule has 0 heterocycles. The number of anilines is 2. The monoisotopic (exact) mass is 456 g/mol. The van der Waals surface area contributed by atoms with E-state index in [0.29, 0.717) is 24.9 Å². The minimum atomic E-state index is -0.296. The highest BCUT2D eigenvalue weighted by Gasteiger charge is 2.13. The average molecular weight is 457 g/mol. The summed E-state index contributed by atoms with van der Waals surface area (Å²) in [5, 5.41) is 10.2. The third-order valence-corrected chi connectivity index (χ3v) is 5.40. The van der Waals surface area contributed by atoms with E-state index in [1.807, 2.05) is 46.9 Å². The van der Waals surface area contributed by atoms with Crippen LogP contribution in [0, 0.1) is 6.92 Å². The van der Waals surface area contributed by atoms with Crippen LogP contribution in [0.25, 0.3) is 0 Å². The summed E-state index contributed by atoms with van der Waals surface area (Å²) < 4.78 is 5.15. The molecule has 6 nitrogen and oxygen atoms in total. The molecule has 2 aromatic carbocycles. The maximum absolute atomic E-state index is 12.1. The van der Waals surface area contributed by atoms with Crippen molar-refractivity contribution in [2.75, 3.05) is 44.0 Å². The molecule has 0 saturated heterocycles. The molecule has 0 spiro atoms. The zero-order valence-electron chi connectivity index (χ0n) is 21.6. The summed E-state index contributed by atoms with van der Waals surface area (Å²) in [5.41, 5.74) is 4.80. The van der Waals surface area contributed by atoms with Gasteiger partial charge in [0, 0.05) is 19.6 Å². The summed E-state index contributed by atoms with van der Waals surface area (Å²) >= 11 is 0. The molecule has 184 valence electrons. The standard InChI is InChI=1S/C25H38N4O2.C2H6/c1-6-29(17-21-11-9-8-10-12-21)14-13-20(4)27-18-28-23-16-22(25(30)31-7-2)15-19(3)24(23)26-5;1-2/h8-12,15-16,20,26-28H,6-7,13-14,17-18H2,1-5H3;1-2H3. The molecular formula is C27H44N4O2. The Morgan fingerprint density at radius 1 is 1.12 bits per heavy atom. The average Bonchev–Trinajstić information content (AvgIpc) is 2.83. The van der Waals surface area contributed by atoms with Crippen LogP contribution >= 0.6 is 0 Å². The SMILES string of the molecule is CC.CCOC(=O)c1cc(C)c(NC)c(NCNC(C)CCN(CC)Cc2ccccc2)c1. The van der Waals surface area contributed by atoms with Crippen molar-refractivity contribution in [1.29, 1.82) is 0 Å². The summed E-state index contributed by atoms with van der Waals surface area (Å²) in [6.45, 7) is 16.3. The minimum absolute atomic E-state index is 0.296. The van der Waals surface area contributed by atoms with Crippen LogP contribution in [0.2, 0.25) is 0 Å². The van der Waals surface area contributed by atoms with Crippen molar-refractivity contribution in [2.24, 2.45) is 0 Å². The lowest BCUT2D eigenvalue weighted by Gasteiger charge is -2.23. The van der Waals surface area contributed by atoms with Gasteiger partial charge in [-0.2, -0.15) is 0 Å². The van der Waals surface area contributed by atoms with Gasteiger partial charge >= 0.3 is 5.97 Å². The lowest BCUT2D eigenvalue weighted by molar-refractivity contribution is 0.0526. The Bertz CT molecular complexity index is 811. The quantitative estimate of drug-likeness (QED) is 0.273. The van der Waals surface area contributed by atoms with E-state index in [1.54, 1.807) is 0 Å². The van der Waals surface area contributed by atoms with Crippen LogP contribution in [0.15, 0.2) is 42.5 Å². The molecular weight excluding hydrogens is 412 g/mol. The van der Waals surface area contributed by atoms with Gasteiger partial charge < -0.3 is 15.4 Å². The van der Waals surface area contributed by atoms with Crippen LogP contribution in [0.1, 0.15) is 62.5 Å². The molecule has 33 heavy (non-hydrogen) atoms. The first kappa shape index (κ1) is 28.5. The number of rotatable bonds is 13. The normalized spacial score (nSPS) is 11.4. The number of nitrogens with one attached hydrogen (secondary N) is 3. The van der Waals surface area contributed by atoms with Gasteiger partial charge in [-0.3, -0.25) is 10.2 Å². The fourth-order valence-electron chi connectivity index (χ4n) is 3.58. The van der Waals surface area contributed by atoms with Crippen LogP contribution < -0.4 is 16.0 Å². The lowest BCUT2D eigenvalue weighted by atomic mass is 10.1. The van der Waals surface area contributed by atoms with E-state index in [-0.39, 0.29) is 5.97 Å². The number of hydrogen-bond donors (Lipinski definition) is 3. The van der Waals surface area contributed by atoms with Gasteiger partial charge in [0.15, 0.2) is 0 Å². The van der Waals surface area contributed by atoms with E-state index in [2.05, 4.69) is 65.0 Å². The molecule has 0 aliphatic heterocycles. The third kappa shape index (κ3) is 9.84. The number of nitrogens with zero attached hydrogens (tertiary/aromatic N) is 1. The van der Waals surface area contributed by atoms with Gasteiger partial charge in [0.25, 0.3) is 0 Å². The highest BCUT2D eigenvalue weighted by atomic mass is 16.5. The van der Waals surface area contributed by atoms with E-state index in [9.17, 15) is 4.79 Å². The summed E-state index contributed by atoms with van der Waals surface area (Å²) in [7, 11) is 1.89. The number of carbonyl (C=O) groups excluding carboxylic acids is 1. The number of aryl methyl sites for hydroxylation is 1. The summed E-state index contributed by atoms with van der Waals surface area (Å²) in [4.78, 5) is 14.6. The van der Waals surface area contributed by atoms with Gasteiger partial charge in [-0.25, -0.2) is 4.79 Å². The second-order valence-electron chi connectivity index (χ2n) is 7.79. The molecule has 0 aliphatic carbocycles. The molecule has 0 aliphatic rings. The van der Waals surface area contributed by atoms with Crippen LogP contribution in [-0.2, 0) is 11.3 Å². The molecule has 0 amide bonds. The maximum atomic E-state index is 12.1. The smallest absolute Gasteiger partial charge is 0.338 e. The highest BCUT2D eigenvalue weighted by molar-refractivity contribution is 5.93. The van der Waals surface area contributed by atoms with Gasteiger partial charge in [-0.15, -0.1) is 0 Å². The molecule has 0 bridgehead atoms. The second-order valence-corrected chi connectivity index (χ2v) is 7.79. The second kappa shape index (κ2) is 16.1. The van der Waals surface area contributed by atoms with E-state index < -0.39 is 0 Å². The Hall–Kier alpha value is -2.57. The van der Waals surface area contributed by atoms with Crippen molar-refractivity contribution in [3.8, 4) is 0 Å². The fraction of sp³-hybridized carbons (Fsp3) is 0.519. The zero-order chi connectivity index (χ0) is 24.6. The van der Waals surface area contributed by atoms with Gasteiger partial charge in [0.2, 0.25) is 0 Å². The molecule has 0 saturated carbocycles. The van der Waals surface area contributed by atoms with Gasteiger partial charge in [-0.1, -0.05) is 51.1 Å². The topological polar surface area (TPSA) is 65.6 Å². The number of esters is 1. The number of hydrogen-bond acceptors (Lipinski definition) is 6. The minimum Gasteiger partial charge on any atom is -0.462 e. The molecule has 2 rings (SSSR count). The Balaban J connectivity index is 0.00000265. The van der Waals surface area contributed by atoms with Crippen LogP contribution in [-0.4, -0.2) is 50.3 Å². The largest absolute Gasteiger partial charge is 0.462 e. The lowest BCUT2D eigenvalue weighted by Crippen LogP contribution is -2.35. The predicted molar refractivity (Wildman–Crippen MR) is 141 cm³/mol. The first-order valence-corrected chi connectivity index (χ1v) is 12.2. The molecule has 2 aromatic rings. The van der Waals surface area contributed by atoms with Crippen LogP contribution in [0.5, 0.6) is 0 Å². The summed E-state index contributed by atoms with van der Waals surface area (Å²) in [6, 6.07) is 14.7. The highest BCUT2D eigenvalue weighted by Crippen LogP contribution is 2.27. The third-order valence-electron chi connectivity index (χ3n) is 5.40. The molecule has 0 radical (unpaired) electrons. The van der Waals surface area contributed by atoms with Crippen molar-refractivity contribution >= 4 is 17.3 Å². The maximum Gasteiger partial charge on any atom is 0.338 e.